The molecule has 8 heteroatoms. The maximum Gasteiger partial charge on any atom is 0.417 e. The highest BCUT2D eigenvalue weighted by atomic mass is 16.6. The van der Waals surface area contributed by atoms with Gasteiger partial charge in [0, 0.05) is 25.7 Å². The van der Waals surface area contributed by atoms with Crippen LogP contribution in [0.2, 0.25) is 0 Å². The Morgan fingerprint density at radius 2 is 2.00 bits per heavy atom. The zero-order chi connectivity index (χ0) is 19.6. The Bertz CT molecular complexity index is 621. The van der Waals surface area contributed by atoms with Crippen LogP contribution in [-0.2, 0) is 16.1 Å². The molecule has 0 radical (unpaired) electrons. The fourth-order valence-corrected chi connectivity index (χ4v) is 2.97. The number of carbonyl (C=O) groups is 3. The van der Waals surface area contributed by atoms with E-state index in [4.69, 9.17) is 9.84 Å². The summed E-state index contributed by atoms with van der Waals surface area (Å²) in [4.78, 5) is 37.1. The molecule has 2 rings (SSSR count). The zero-order valence-corrected chi connectivity index (χ0v) is 15.6. The highest BCUT2D eigenvalue weighted by molar-refractivity contribution is 5.97. The second-order valence-corrected chi connectivity index (χ2v) is 6.71. The van der Waals surface area contributed by atoms with E-state index >= 15 is 0 Å². The van der Waals surface area contributed by atoms with Gasteiger partial charge in [-0.2, -0.15) is 0 Å². The first kappa shape index (κ1) is 20.7. The summed E-state index contributed by atoms with van der Waals surface area (Å²) >= 11 is 0. The van der Waals surface area contributed by atoms with Gasteiger partial charge >= 0.3 is 12.2 Å². The van der Waals surface area contributed by atoms with Crippen LogP contribution >= 0.6 is 0 Å². The molecule has 0 saturated carbocycles. The van der Waals surface area contributed by atoms with Gasteiger partial charge in [-0.25, -0.2) is 14.5 Å². The number of carbonyl (C=O) groups excluding carboxylic acids is 2. The van der Waals surface area contributed by atoms with Crippen molar-refractivity contribution in [3.8, 4) is 0 Å². The Morgan fingerprint density at radius 3 is 2.63 bits per heavy atom. The SMILES string of the molecule is CC(CCN(CCCCN1C(=O)COC1=O)Cc1ccccc1)NC(=O)O. The standard InChI is InChI=1S/C19H27N3O5/c1-15(20-18(24)25)9-12-21(13-16-7-3-2-4-8-16)10-5-6-11-22-17(23)14-27-19(22)26/h2-4,7-8,15,20H,5-6,9-14H2,1H3,(H,24,25). The van der Waals surface area contributed by atoms with Crippen LogP contribution in [0.5, 0.6) is 0 Å². The van der Waals surface area contributed by atoms with Crippen molar-refractivity contribution < 1.29 is 24.2 Å². The summed E-state index contributed by atoms with van der Waals surface area (Å²) in [5.41, 5.74) is 1.19. The van der Waals surface area contributed by atoms with Crippen molar-refractivity contribution in [2.45, 2.75) is 38.8 Å². The molecule has 8 nitrogen and oxygen atoms in total. The third kappa shape index (κ3) is 7.26. The number of carboxylic acid groups (broad SMARTS) is 1. The summed E-state index contributed by atoms with van der Waals surface area (Å²) in [5.74, 6) is -0.283. The lowest BCUT2D eigenvalue weighted by Crippen LogP contribution is -2.35. The molecule has 3 amide bonds. The number of nitrogens with one attached hydrogen (secondary N) is 1. The van der Waals surface area contributed by atoms with Gasteiger partial charge < -0.3 is 15.2 Å². The van der Waals surface area contributed by atoms with Crippen LogP contribution in [0, 0.1) is 0 Å². The number of cyclic esters (lactones) is 1. The molecule has 2 N–H and O–H groups in total. The van der Waals surface area contributed by atoms with Gasteiger partial charge in [-0.15, -0.1) is 0 Å². The van der Waals surface area contributed by atoms with E-state index in [1.54, 1.807) is 0 Å². The number of ether oxygens (including phenoxy) is 1. The van der Waals surface area contributed by atoms with E-state index in [0.717, 1.165) is 31.0 Å². The van der Waals surface area contributed by atoms with Crippen molar-refractivity contribution in [1.29, 1.82) is 0 Å². The molecule has 1 saturated heterocycles. The number of nitrogens with zero attached hydrogens (tertiary/aromatic N) is 2. The number of rotatable bonds is 11. The predicted octanol–water partition coefficient (Wildman–Crippen LogP) is 2.29. The first-order valence-corrected chi connectivity index (χ1v) is 9.18. The molecular formula is C19H27N3O5. The molecule has 1 aromatic carbocycles. The van der Waals surface area contributed by atoms with Crippen molar-refractivity contribution in [1.82, 2.24) is 15.1 Å². The molecule has 1 heterocycles. The topological polar surface area (TPSA) is 99.2 Å². The van der Waals surface area contributed by atoms with Crippen molar-refractivity contribution in [2.75, 3.05) is 26.2 Å². The summed E-state index contributed by atoms with van der Waals surface area (Å²) in [7, 11) is 0. The Labute approximate surface area is 159 Å². The third-order valence-electron chi connectivity index (χ3n) is 4.44. The zero-order valence-electron chi connectivity index (χ0n) is 15.6. The van der Waals surface area contributed by atoms with Gasteiger partial charge in [0.2, 0.25) is 0 Å². The van der Waals surface area contributed by atoms with E-state index in [0.29, 0.717) is 19.4 Å². The van der Waals surface area contributed by atoms with E-state index in [-0.39, 0.29) is 18.6 Å². The first-order valence-electron chi connectivity index (χ1n) is 9.18. The number of hydrogen-bond donors (Lipinski definition) is 2. The fourth-order valence-electron chi connectivity index (χ4n) is 2.97. The molecule has 1 fully saturated rings. The third-order valence-corrected chi connectivity index (χ3v) is 4.44. The molecule has 0 spiro atoms. The number of imide groups is 1. The van der Waals surface area contributed by atoms with E-state index < -0.39 is 12.2 Å². The molecule has 1 aliphatic rings. The Morgan fingerprint density at radius 1 is 1.26 bits per heavy atom. The molecular weight excluding hydrogens is 350 g/mol. The summed E-state index contributed by atoms with van der Waals surface area (Å²) in [5, 5.41) is 11.3. The second kappa shape index (κ2) is 10.5. The van der Waals surface area contributed by atoms with E-state index in [1.165, 1.54) is 5.56 Å². The van der Waals surface area contributed by atoms with Crippen LogP contribution in [-0.4, -0.2) is 65.3 Å². The van der Waals surface area contributed by atoms with Crippen molar-refractivity contribution in [3.05, 3.63) is 35.9 Å². The molecule has 1 aromatic rings. The van der Waals surface area contributed by atoms with E-state index in [2.05, 4.69) is 22.3 Å². The van der Waals surface area contributed by atoms with Gasteiger partial charge in [0.15, 0.2) is 6.61 Å². The van der Waals surface area contributed by atoms with Crippen LogP contribution in [0.15, 0.2) is 30.3 Å². The lowest BCUT2D eigenvalue weighted by molar-refractivity contribution is -0.125. The summed E-state index contributed by atoms with van der Waals surface area (Å²) in [6.07, 6.45) is 0.657. The van der Waals surface area contributed by atoms with E-state index in [1.807, 2.05) is 25.1 Å². The number of unbranched alkanes of at least 4 members (excludes halogenated alkanes) is 1. The van der Waals surface area contributed by atoms with E-state index in [9.17, 15) is 14.4 Å². The molecule has 0 bridgehead atoms. The van der Waals surface area contributed by atoms with Crippen molar-refractivity contribution in [2.24, 2.45) is 0 Å². The maximum atomic E-state index is 11.5. The van der Waals surface area contributed by atoms with Gasteiger partial charge in [-0.3, -0.25) is 9.69 Å². The van der Waals surface area contributed by atoms with Gasteiger partial charge in [-0.05, 0) is 38.3 Å². The molecule has 27 heavy (non-hydrogen) atoms. The van der Waals surface area contributed by atoms with Gasteiger partial charge in [0.05, 0.1) is 0 Å². The molecule has 1 atom stereocenters. The fraction of sp³-hybridized carbons (Fsp3) is 0.526. The first-order chi connectivity index (χ1) is 13.0. The number of hydrogen-bond acceptors (Lipinski definition) is 5. The average Bonchev–Trinajstić information content (AvgIpc) is 2.95. The Kier molecular flexibility index (Phi) is 8.06. The highest BCUT2D eigenvalue weighted by Crippen LogP contribution is 2.10. The monoisotopic (exact) mass is 377 g/mol. The smallest absolute Gasteiger partial charge is 0.417 e. The molecule has 0 aliphatic carbocycles. The number of benzene rings is 1. The van der Waals surface area contributed by atoms with Crippen LogP contribution < -0.4 is 5.32 Å². The lowest BCUT2D eigenvalue weighted by Gasteiger charge is -2.24. The van der Waals surface area contributed by atoms with Crippen LogP contribution in [0.1, 0.15) is 31.7 Å². The highest BCUT2D eigenvalue weighted by Gasteiger charge is 2.30. The summed E-state index contributed by atoms with van der Waals surface area (Å²) in [6.45, 7) is 4.37. The average molecular weight is 377 g/mol. The minimum Gasteiger partial charge on any atom is -0.465 e. The Hall–Kier alpha value is -2.61. The molecule has 1 unspecified atom stereocenters. The van der Waals surface area contributed by atoms with Gasteiger partial charge in [0.1, 0.15) is 0 Å². The maximum absolute atomic E-state index is 11.5. The normalized spacial score (nSPS) is 15.1. The van der Waals surface area contributed by atoms with Crippen molar-refractivity contribution in [3.63, 3.8) is 0 Å². The quantitative estimate of drug-likeness (QED) is 0.574. The second-order valence-electron chi connectivity index (χ2n) is 6.71. The number of amides is 3. The predicted molar refractivity (Wildman–Crippen MR) is 99.3 cm³/mol. The van der Waals surface area contributed by atoms with Crippen LogP contribution in [0.25, 0.3) is 0 Å². The van der Waals surface area contributed by atoms with Gasteiger partial charge in [0.25, 0.3) is 5.91 Å². The van der Waals surface area contributed by atoms with Crippen LogP contribution in [0.3, 0.4) is 0 Å². The molecule has 0 aromatic heterocycles. The summed E-state index contributed by atoms with van der Waals surface area (Å²) in [6, 6.07) is 9.95. The molecule has 148 valence electrons. The van der Waals surface area contributed by atoms with Crippen LogP contribution in [0.4, 0.5) is 9.59 Å². The summed E-state index contributed by atoms with van der Waals surface area (Å²) < 4.78 is 4.70. The molecule has 1 aliphatic heterocycles. The largest absolute Gasteiger partial charge is 0.465 e. The van der Waals surface area contributed by atoms with Gasteiger partial charge in [-0.1, -0.05) is 30.3 Å². The lowest BCUT2D eigenvalue weighted by atomic mass is 10.1. The van der Waals surface area contributed by atoms with Crippen molar-refractivity contribution >= 4 is 18.1 Å². The minimum absolute atomic E-state index is 0.127. The minimum atomic E-state index is -1.01. The Balaban J connectivity index is 1.80.